The van der Waals surface area contributed by atoms with E-state index in [0.29, 0.717) is 12.3 Å². The lowest BCUT2D eigenvalue weighted by Gasteiger charge is -2.14. The molecule has 0 aliphatic rings. The fourth-order valence-corrected chi connectivity index (χ4v) is 2.00. The van der Waals surface area contributed by atoms with Gasteiger partial charge in [0.25, 0.3) is 0 Å². The van der Waals surface area contributed by atoms with Crippen LogP contribution >= 0.6 is 11.6 Å². The number of amides is 1. The number of unbranched alkanes of at least 4 members (excludes halogenated alkanes) is 1. The van der Waals surface area contributed by atoms with E-state index in [-0.39, 0.29) is 23.9 Å². The Morgan fingerprint density at radius 2 is 1.95 bits per heavy atom. The fraction of sp³-hybridized carbons (Fsp3) is 0.500. The zero-order valence-electron chi connectivity index (χ0n) is 10.9. The van der Waals surface area contributed by atoms with Gasteiger partial charge in [-0.3, -0.25) is 4.79 Å². The minimum Gasteiger partial charge on any atom is -0.353 e. The highest BCUT2D eigenvalue weighted by Crippen LogP contribution is 2.14. The number of hydrogen-bond donors (Lipinski definition) is 1. The van der Waals surface area contributed by atoms with E-state index >= 15 is 0 Å². The lowest BCUT2D eigenvalue weighted by Crippen LogP contribution is -2.34. The summed E-state index contributed by atoms with van der Waals surface area (Å²) in [5, 5.41) is 2.73. The predicted molar refractivity (Wildman–Crippen MR) is 72.2 cm³/mol. The Balaban J connectivity index is 2.46. The molecular weight excluding hydrogens is 272 g/mol. The average Bonchev–Trinajstić information content (AvgIpc) is 2.34. The van der Waals surface area contributed by atoms with E-state index in [9.17, 15) is 13.6 Å². The Morgan fingerprint density at radius 3 is 2.53 bits per heavy atom. The number of benzene rings is 1. The molecule has 19 heavy (non-hydrogen) atoms. The highest BCUT2D eigenvalue weighted by Gasteiger charge is 2.14. The van der Waals surface area contributed by atoms with Crippen LogP contribution in [0.3, 0.4) is 0 Å². The Hall–Kier alpha value is -1.16. The van der Waals surface area contributed by atoms with E-state index < -0.39 is 11.6 Å². The molecule has 0 spiro atoms. The summed E-state index contributed by atoms with van der Waals surface area (Å²) in [7, 11) is 0. The van der Waals surface area contributed by atoms with Gasteiger partial charge in [0, 0.05) is 23.9 Å². The molecule has 0 aromatic heterocycles. The quantitative estimate of drug-likeness (QED) is 0.605. The van der Waals surface area contributed by atoms with Crippen LogP contribution in [0.25, 0.3) is 0 Å². The standard InChI is InChI=1S/C14H18ClF2NO/c1-10(18-14(19)7-2-3-8-15)9-11-12(16)5-4-6-13(11)17/h4-6,10H,2-3,7-9H2,1H3,(H,18,19). The van der Waals surface area contributed by atoms with E-state index in [2.05, 4.69) is 5.32 Å². The summed E-state index contributed by atoms with van der Waals surface area (Å²) >= 11 is 5.52. The van der Waals surface area contributed by atoms with E-state index in [4.69, 9.17) is 11.6 Å². The minimum absolute atomic E-state index is 0.0102. The lowest BCUT2D eigenvalue weighted by molar-refractivity contribution is -0.121. The number of alkyl halides is 1. The molecule has 1 amide bonds. The van der Waals surface area contributed by atoms with Gasteiger partial charge in [-0.1, -0.05) is 6.07 Å². The number of rotatable bonds is 7. The molecule has 5 heteroatoms. The molecule has 0 radical (unpaired) electrons. The van der Waals surface area contributed by atoms with Gasteiger partial charge in [0.05, 0.1) is 0 Å². The van der Waals surface area contributed by atoms with Crippen molar-refractivity contribution in [1.82, 2.24) is 5.32 Å². The first-order valence-corrected chi connectivity index (χ1v) is 6.86. The largest absolute Gasteiger partial charge is 0.353 e. The van der Waals surface area contributed by atoms with Gasteiger partial charge < -0.3 is 5.32 Å². The molecule has 1 aromatic carbocycles. The maximum Gasteiger partial charge on any atom is 0.220 e. The third-order valence-electron chi connectivity index (χ3n) is 2.77. The Kier molecular flexibility index (Phi) is 6.78. The number of carbonyl (C=O) groups is 1. The summed E-state index contributed by atoms with van der Waals surface area (Å²) < 4.78 is 26.9. The first-order valence-electron chi connectivity index (χ1n) is 6.32. The van der Waals surface area contributed by atoms with Crippen LogP contribution in [0.2, 0.25) is 0 Å². The van der Waals surface area contributed by atoms with E-state index in [1.807, 2.05) is 0 Å². The normalized spacial score (nSPS) is 12.2. The summed E-state index contributed by atoms with van der Waals surface area (Å²) in [6.45, 7) is 1.73. The van der Waals surface area contributed by atoms with Crippen LogP contribution in [0.15, 0.2) is 18.2 Å². The van der Waals surface area contributed by atoms with Crippen molar-refractivity contribution in [2.75, 3.05) is 5.88 Å². The molecule has 1 N–H and O–H groups in total. The van der Waals surface area contributed by atoms with Gasteiger partial charge >= 0.3 is 0 Å². The number of halogens is 3. The van der Waals surface area contributed by atoms with Gasteiger partial charge in [-0.05, 0) is 38.3 Å². The molecule has 0 bridgehead atoms. The molecule has 0 heterocycles. The van der Waals surface area contributed by atoms with Crippen molar-refractivity contribution in [1.29, 1.82) is 0 Å². The molecule has 1 atom stereocenters. The monoisotopic (exact) mass is 289 g/mol. The van der Waals surface area contributed by atoms with E-state index in [1.165, 1.54) is 18.2 Å². The second kappa shape index (κ2) is 8.10. The van der Waals surface area contributed by atoms with Crippen molar-refractivity contribution in [3.63, 3.8) is 0 Å². The van der Waals surface area contributed by atoms with Crippen molar-refractivity contribution in [3.8, 4) is 0 Å². The number of hydrogen-bond acceptors (Lipinski definition) is 1. The molecule has 0 saturated carbocycles. The molecular formula is C14H18ClF2NO. The molecule has 0 aliphatic carbocycles. The topological polar surface area (TPSA) is 29.1 Å². The third-order valence-corrected chi connectivity index (χ3v) is 3.03. The zero-order valence-corrected chi connectivity index (χ0v) is 11.6. The second-order valence-corrected chi connectivity index (χ2v) is 4.90. The highest BCUT2D eigenvalue weighted by atomic mass is 35.5. The lowest BCUT2D eigenvalue weighted by atomic mass is 10.1. The van der Waals surface area contributed by atoms with E-state index in [0.717, 1.165) is 12.8 Å². The maximum absolute atomic E-state index is 13.4. The van der Waals surface area contributed by atoms with Crippen molar-refractivity contribution >= 4 is 17.5 Å². The average molecular weight is 290 g/mol. The summed E-state index contributed by atoms with van der Waals surface area (Å²) in [5.41, 5.74) is 0.0102. The van der Waals surface area contributed by atoms with Gasteiger partial charge in [-0.25, -0.2) is 8.78 Å². The first-order chi connectivity index (χ1) is 9.04. The predicted octanol–water partition coefficient (Wildman–Crippen LogP) is 3.42. The van der Waals surface area contributed by atoms with Crippen LogP contribution in [0.4, 0.5) is 8.78 Å². The summed E-state index contributed by atoms with van der Waals surface area (Å²) in [6.07, 6.45) is 2.03. The highest BCUT2D eigenvalue weighted by molar-refractivity contribution is 6.17. The van der Waals surface area contributed by atoms with Crippen LogP contribution in [0.1, 0.15) is 31.7 Å². The van der Waals surface area contributed by atoms with Gasteiger partial charge in [0.2, 0.25) is 5.91 Å². The molecule has 106 valence electrons. The van der Waals surface area contributed by atoms with Crippen molar-refractivity contribution in [2.45, 2.75) is 38.6 Å². The van der Waals surface area contributed by atoms with Crippen LogP contribution in [-0.4, -0.2) is 17.8 Å². The van der Waals surface area contributed by atoms with Crippen LogP contribution in [0, 0.1) is 11.6 Å². The van der Waals surface area contributed by atoms with Crippen LogP contribution in [0.5, 0.6) is 0 Å². The molecule has 0 fully saturated rings. The zero-order chi connectivity index (χ0) is 14.3. The molecule has 2 nitrogen and oxygen atoms in total. The summed E-state index contributed by atoms with van der Waals surface area (Å²) in [5.74, 6) is -0.746. The maximum atomic E-state index is 13.4. The van der Waals surface area contributed by atoms with Gasteiger partial charge in [-0.15, -0.1) is 11.6 Å². The molecule has 1 aromatic rings. The van der Waals surface area contributed by atoms with Crippen LogP contribution < -0.4 is 5.32 Å². The molecule has 1 unspecified atom stereocenters. The van der Waals surface area contributed by atoms with Gasteiger partial charge in [-0.2, -0.15) is 0 Å². The minimum atomic E-state index is -0.580. The Labute approximate surface area is 117 Å². The summed E-state index contributed by atoms with van der Waals surface area (Å²) in [4.78, 5) is 11.5. The SMILES string of the molecule is CC(Cc1c(F)cccc1F)NC(=O)CCCCCl. The molecule has 0 aliphatic heterocycles. The van der Waals surface area contributed by atoms with Gasteiger partial charge in [0.1, 0.15) is 11.6 Å². The Morgan fingerprint density at radius 1 is 1.32 bits per heavy atom. The number of nitrogens with one attached hydrogen (secondary N) is 1. The summed E-state index contributed by atoms with van der Waals surface area (Å²) in [6, 6.07) is 3.44. The van der Waals surface area contributed by atoms with Crippen LogP contribution in [-0.2, 0) is 11.2 Å². The van der Waals surface area contributed by atoms with Crippen molar-refractivity contribution in [3.05, 3.63) is 35.4 Å². The fourth-order valence-electron chi connectivity index (χ4n) is 1.81. The Bertz CT molecular complexity index is 406. The second-order valence-electron chi connectivity index (χ2n) is 4.52. The third kappa shape index (κ3) is 5.55. The van der Waals surface area contributed by atoms with Crippen molar-refractivity contribution < 1.29 is 13.6 Å². The first kappa shape index (κ1) is 15.9. The van der Waals surface area contributed by atoms with Gasteiger partial charge in [0.15, 0.2) is 0 Å². The molecule has 0 saturated heterocycles. The van der Waals surface area contributed by atoms with E-state index in [1.54, 1.807) is 6.92 Å². The smallest absolute Gasteiger partial charge is 0.220 e. The molecule has 1 rings (SSSR count). The number of carbonyl (C=O) groups excluding carboxylic acids is 1. The van der Waals surface area contributed by atoms with Crippen molar-refractivity contribution in [2.24, 2.45) is 0 Å².